The fraction of sp³-hybridized carbons (Fsp3) is 0.353. The van der Waals surface area contributed by atoms with Crippen LogP contribution in [0.3, 0.4) is 0 Å². The second-order valence-electron chi connectivity index (χ2n) is 5.84. The first-order valence-electron chi connectivity index (χ1n) is 7.76. The number of rotatable bonds is 5. The predicted molar refractivity (Wildman–Crippen MR) is 89.4 cm³/mol. The van der Waals surface area contributed by atoms with E-state index in [4.69, 9.17) is 0 Å². The van der Waals surface area contributed by atoms with Crippen LogP contribution < -0.4 is 5.32 Å². The number of nitrogens with one attached hydrogen (secondary N) is 1. The van der Waals surface area contributed by atoms with E-state index in [1.54, 1.807) is 22.4 Å². The topological polar surface area (TPSA) is 62.3 Å². The van der Waals surface area contributed by atoms with Crippen molar-refractivity contribution in [2.75, 3.05) is 13.1 Å². The molecular formula is C17H18FN3O2S. The summed E-state index contributed by atoms with van der Waals surface area (Å²) >= 11 is 1.42. The average Bonchev–Trinajstić information content (AvgIpc) is 3.13. The third-order valence-corrected chi connectivity index (χ3v) is 4.76. The Bertz CT molecular complexity index is 745. The van der Waals surface area contributed by atoms with Crippen molar-refractivity contribution in [3.8, 4) is 0 Å². The number of aromatic nitrogens is 1. The zero-order valence-corrected chi connectivity index (χ0v) is 14.1. The van der Waals surface area contributed by atoms with Gasteiger partial charge in [-0.3, -0.25) is 9.59 Å². The van der Waals surface area contributed by atoms with Crippen molar-refractivity contribution < 1.29 is 14.0 Å². The zero-order valence-electron chi connectivity index (χ0n) is 13.3. The summed E-state index contributed by atoms with van der Waals surface area (Å²) in [6.45, 7) is 2.90. The molecule has 126 valence electrons. The van der Waals surface area contributed by atoms with E-state index in [9.17, 15) is 14.0 Å². The SMILES string of the molecule is Cc1nc(C(=O)N[C@@H]2CC(=O)N(CCc3ccc(F)cc3)C2)cs1. The molecule has 1 saturated heterocycles. The van der Waals surface area contributed by atoms with Gasteiger partial charge in [0.05, 0.1) is 11.0 Å². The first-order chi connectivity index (χ1) is 11.5. The number of thiazole rings is 1. The summed E-state index contributed by atoms with van der Waals surface area (Å²) in [6, 6.07) is 6.08. The van der Waals surface area contributed by atoms with E-state index in [-0.39, 0.29) is 23.7 Å². The second kappa shape index (κ2) is 7.09. The fourth-order valence-electron chi connectivity index (χ4n) is 2.73. The monoisotopic (exact) mass is 347 g/mol. The summed E-state index contributed by atoms with van der Waals surface area (Å²) in [5, 5.41) is 5.42. The van der Waals surface area contributed by atoms with E-state index in [1.165, 1.54) is 23.5 Å². The van der Waals surface area contributed by atoms with Crippen molar-refractivity contribution in [2.24, 2.45) is 0 Å². The Morgan fingerprint density at radius 2 is 2.17 bits per heavy atom. The number of hydrogen-bond donors (Lipinski definition) is 1. The van der Waals surface area contributed by atoms with Crippen LogP contribution in [0.2, 0.25) is 0 Å². The van der Waals surface area contributed by atoms with Crippen LogP contribution in [0.15, 0.2) is 29.6 Å². The molecule has 3 rings (SSSR count). The normalized spacial score (nSPS) is 17.3. The predicted octanol–water partition coefficient (Wildman–Crippen LogP) is 2.16. The standard InChI is InChI=1S/C17H18FN3O2S/c1-11-19-15(10-24-11)17(23)20-14-8-16(22)21(9-14)7-6-12-2-4-13(18)5-3-12/h2-5,10,14H,6-9H2,1H3,(H,20,23)/t14-/m1/s1. The van der Waals surface area contributed by atoms with E-state index < -0.39 is 0 Å². The lowest BCUT2D eigenvalue weighted by atomic mass is 10.1. The van der Waals surface area contributed by atoms with Crippen molar-refractivity contribution in [1.29, 1.82) is 0 Å². The first-order valence-corrected chi connectivity index (χ1v) is 8.64. The van der Waals surface area contributed by atoms with Gasteiger partial charge < -0.3 is 10.2 Å². The molecule has 0 radical (unpaired) electrons. The smallest absolute Gasteiger partial charge is 0.271 e. The zero-order chi connectivity index (χ0) is 17.1. The molecule has 0 bridgehead atoms. The highest BCUT2D eigenvalue weighted by atomic mass is 32.1. The lowest BCUT2D eigenvalue weighted by Crippen LogP contribution is -2.37. The van der Waals surface area contributed by atoms with Crippen LogP contribution >= 0.6 is 11.3 Å². The molecule has 0 saturated carbocycles. The molecule has 1 N–H and O–H groups in total. The lowest BCUT2D eigenvalue weighted by molar-refractivity contribution is -0.127. The summed E-state index contributed by atoms with van der Waals surface area (Å²) < 4.78 is 12.9. The maximum Gasteiger partial charge on any atom is 0.271 e. The van der Waals surface area contributed by atoms with E-state index >= 15 is 0 Å². The summed E-state index contributed by atoms with van der Waals surface area (Å²) in [4.78, 5) is 30.1. The molecule has 0 unspecified atom stereocenters. The van der Waals surface area contributed by atoms with Gasteiger partial charge in [0, 0.05) is 24.9 Å². The third kappa shape index (κ3) is 3.97. The molecule has 2 aromatic rings. The van der Waals surface area contributed by atoms with Crippen LogP contribution in [-0.2, 0) is 11.2 Å². The number of carbonyl (C=O) groups excluding carboxylic acids is 2. The van der Waals surface area contributed by atoms with Crippen LogP contribution in [0.4, 0.5) is 4.39 Å². The van der Waals surface area contributed by atoms with Crippen LogP contribution in [0, 0.1) is 12.7 Å². The molecule has 2 heterocycles. The molecule has 24 heavy (non-hydrogen) atoms. The Morgan fingerprint density at radius 1 is 1.42 bits per heavy atom. The van der Waals surface area contributed by atoms with Gasteiger partial charge in [0.1, 0.15) is 11.5 Å². The highest BCUT2D eigenvalue weighted by Crippen LogP contribution is 2.14. The summed E-state index contributed by atoms with van der Waals surface area (Å²) in [6.07, 6.45) is 0.968. The Hall–Kier alpha value is -2.28. The molecular weight excluding hydrogens is 329 g/mol. The maximum atomic E-state index is 12.9. The minimum Gasteiger partial charge on any atom is -0.346 e. The minimum atomic E-state index is -0.268. The molecule has 1 aliphatic rings. The number of hydrogen-bond acceptors (Lipinski definition) is 4. The number of halogens is 1. The van der Waals surface area contributed by atoms with Crippen LogP contribution in [0.25, 0.3) is 0 Å². The second-order valence-corrected chi connectivity index (χ2v) is 6.90. The molecule has 7 heteroatoms. The van der Waals surface area contributed by atoms with Crippen molar-refractivity contribution >= 4 is 23.2 Å². The Balaban J connectivity index is 1.51. The molecule has 0 spiro atoms. The maximum absolute atomic E-state index is 12.9. The minimum absolute atomic E-state index is 0.0249. The van der Waals surface area contributed by atoms with E-state index in [0.717, 1.165) is 10.6 Å². The van der Waals surface area contributed by atoms with Gasteiger partial charge >= 0.3 is 0 Å². The van der Waals surface area contributed by atoms with Crippen LogP contribution in [-0.4, -0.2) is 40.8 Å². The van der Waals surface area contributed by atoms with E-state index in [0.29, 0.717) is 31.6 Å². The molecule has 2 amide bonds. The van der Waals surface area contributed by atoms with Crippen LogP contribution in [0.1, 0.15) is 27.5 Å². The van der Waals surface area contributed by atoms with Gasteiger partial charge in [0.2, 0.25) is 5.91 Å². The third-order valence-electron chi connectivity index (χ3n) is 3.99. The molecule has 1 fully saturated rings. The van der Waals surface area contributed by atoms with Gasteiger partial charge in [-0.1, -0.05) is 12.1 Å². The first kappa shape index (κ1) is 16.6. The molecule has 1 atom stereocenters. The summed E-state index contributed by atoms with van der Waals surface area (Å²) in [7, 11) is 0. The Labute approximate surface area is 143 Å². The highest BCUT2D eigenvalue weighted by Gasteiger charge is 2.30. The summed E-state index contributed by atoms with van der Waals surface area (Å²) in [5.41, 5.74) is 1.38. The Kier molecular flexibility index (Phi) is 4.89. The Morgan fingerprint density at radius 3 is 2.83 bits per heavy atom. The molecule has 1 aromatic carbocycles. The van der Waals surface area contributed by atoms with Gasteiger partial charge in [-0.05, 0) is 31.0 Å². The van der Waals surface area contributed by atoms with Crippen molar-refractivity contribution in [1.82, 2.24) is 15.2 Å². The number of carbonyl (C=O) groups is 2. The summed E-state index contributed by atoms with van der Waals surface area (Å²) in [5.74, 6) is -0.481. The van der Waals surface area contributed by atoms with E-state index in [2.05, 4.69) is 10.3 Å². The number of amides is 2. The highest BCUT2D eigenvalue weighted by molar-refractivity contribution is 7.09. The number of likely N-dealkylation sites (tertiary alicyclic amines) is 1. The molecule has 1 aromatic heterocycles. The molecule has 0 aliphatic carbocycles. The number of benzene rings is 1. The molecule has 5 nitrogen and oxygen atoms in total. The van der Waals surface area contributed by atoms with Crippen LogP contribution in [0.5, 0.6) is 0 Å². The molecule has 1 aliphatic heterocycles. The number of nitrogens with zero attached hydrogens (tertiary/aromatic N) is 2. The van der Waals surface area contributed by atoms with Crippen molar-refractivity contribution in [3.63, 3.8) is 0 Å². The fourth-order valence-corrected chi connectivity index (χ4v) is 3.32. The van der Waals surface area contributed by atoms with Crippen molar-refractivity contribution in [2.45, 2.75) is 25.8 Å². The average molecular weight is 347 g/mol. The van der Waals surface area contributed by atoms with Gasteiger partial charge in [-0.25, -0.2) is 9.37 Å². The van der Waals surface area contributed by atoms with Gasteiger partial charge in [0.15, 0.2) is 0 Å². The quantitative estimate of drug-likeness (QED) is 0.902. The lowest BCUT2D eigenvalue weighted by Gasteiger charge is -2.17. The largest absolute Gasteiger partial charge is 0.346 e. The number of aryl methyl sites for hydroxylation is 1. The van der Waals surface area contributed by atoms with Gasteiger partial charge in [-0.2, -0.15) is 0 Å². The van der Waals surface area contributed by atoms with E-state index in [1.807, 2.05) is 6.92 Å². The van der Waals surface area contributed by atoms with Gasteiger partial charge in [-0.15, -0.1) is 11.3 Å². The van der Waals surface area contributed by atoms with Gasteiger partial charge in [0.25, 0.3) is 5.91 Å². The van der Waals surface area contributed by atoms with Crippen molar-refractivity contribution in [3.05, 3.63) is 51.7 Å².